The molecule has 4 rings (SSSR count). The molecule has 4 aromatic carbocycles. The van der Waals surface area contributed by atoms with Crippen molar-refractivity contribution in [2.24, 2.45) is 0 Å². The van der Waals surface area contributed by atoms with Crippen LogP contribution in [0.3, 0.4) is 0 Å². The molecule has 0 unspecified atom stereocenters. The van der Waals surface area contributed by atoms with Crippen molar-refractivity contribution in [1.29, 1.82) is 0 Å². The van der Waals surface area contributed by atoms with Crippen LogP contribution >= 0.6 is 0 Å². The summed E-state index contributed by atoms with van der Waals surface area (Å²) in [6, 6.07) is 32.4. The van der Waals surface area contributed by atoms with E-state index in [1.165, 1.54) is 29.8 Å². The van der Waals surface area contributed by atoms with E-state index in [1.807, 2.05) is 103 Å². The van der Waals surface area contributed by atoms with Gasteiger partial charge in [0.15, 0.2) is 0 Å². The van der Waals surface area contributed by atoms with Crippen molar-refractivity contribution in [1.82, 2.24) is 0 Å². The summed E-state index contributed by atoms with van der Waals surface area (Å²) in [6.45, 7) is 11.1. The van der Waals surface area contributed by atoms with Gasteiger partial charge in [0.2, 0.25) is 0 Å². The molecule has 0 aliphatic rings. The number of ether oxygens (including phenoxy) is 2. The number of rotatable bonds is 7. The van der Waals surface area contributed by atoms with Crippen LogP contribution in [0.25, 0.3) is 18.2 Å². The predicted octanol–water partition coefficient (Wildman–Crippen LogP) is 8.61. The van der Waals surface area contributed by atoms with Gasteiger partial charge in [0.1, 0.15) is 12.4 Å². The molecule has 0 aromatic heterocycles. The molecule has 0 amide bonds. The molecule has 0 aliphatic heterocycles. The zero-order valence-electron chi connectivity index (χ0n) is 20.9. The number of carbonyl (C=O) groups excluding carboxylic acids is 1. The Morgan fingerprint density at radius 1 is 0.684 bits per heavy atom. The van der Waals surface area contributed by atoms with Crippen molar-refractivity contribution >= 4 is 30.1 Å². The van der Waals surface area contributed by atoms with Gasteiger partial charge in [-0.15, -0.1) is 0 Å². The average molecular weight is 508 g/mol. The van der Waals surface area contributed by atoms with Gasteiger partial charge in [-0.2, -0.15) is 0 Å². The molecule has 192 valence electrons. The Kier molecular flexibility index (Phi) is 12.6. The van der Waals surface area contributed by atoms with E-state index in [0.717, 1.165) is 16.7 Å². The smallest absolute Gasteiger partial charge is 0.429 e. The minimum Gasteiger partial charge on any atom is -0.429 e. The summed E-state index contributed by atoms with van der Waals surface area (Å²) in [5, 5.41) is 10.5. The van der Waals surface area contributed by atoms with E-state index in [1.54, 1.807) is 0 Å². The minimum atomic E-state index is -0.859. The highest BCUT2D eigenvalue weighted by atomic mass is 16.7. The summed E-state index contributed by atoms with van der Waals surface area (Å²) in [4.78, 5) is 21.4. The third kappa shape index (κ3) is 11.0. The number of carbonyl (C=O) groups is 1. The van der Waals surface area contributed by atoms with Crippen molar-refractivity contribution in [3.05, 3.63) is 161 Å². The average Bonchev–Trinajstić information content (AvgIpc) is 2.98. The van der Waals surface area contributed by atoms with E-state index in [0.29, 0.717) is 0 Å². The summed E-state index contributed by atoms with van der Waals surface area (Å²) in [6.07, 6.45) is 4.63. The van der Waals surface area contributed by atoms with E-state index in [2.05, 4.69) is 19.7 Å². The maximum atomic E-state index is 11.4. The summed E-state index contributed by atoms with van der Waals surface area (Å²) < 4.78 is 9.80. The van der Waals surface area contributed by atoms with Crippen LogP contribution in [0.1, 0.15) is 22.3 Å². The van der Waals surface area contributed by atoms with Crippen molar-refractivity contribution < 1.29 is 19.2 Å². The van der Waals surface area contributed by atoms with Gasteiger partial charge >= 0.3 is 6.16 Å². The van der Waals surface area contributed by atoms with E-state index in [-0.39, 0.29) is 18.0 Å². The summed E-state index contributed by atoms with van der Waals surface area (Å²) in [5.41, 5.74) is 4.23. The molecule has 0 atom stereocenters. The van der Waals surface area contributed by atoms with E-state index < -0.39 is 11.1 Å². The summed E-state index contributed by atoms with van der Waals surface area (Å²) >= 11 is 0. The van der Waals surface area contributed by atoms with Gasteiger partial charge in [0.05, 0.1) is 4.92 Å². The van der Waals surface area contributed by atoms with Crippen molar-refractivity contribution in [2.45, 2.75) is 6.61 Å². The highest BCUT2D eigenvalue weighted by Gasteiger charge is 2.09. The molecule has 38 heavy (non-hydrogen) atoms. The molecule has 6 heteroatoms. The van der Waals surface area contributed by atoms with Crippen LogP contribution in [0.2, 0.25) is 0 Å². The number of nitro benzene ring substituents is 1. The molecule has 0 heterocycles. The Balaban J connectivity index is 0.000000233. The van der Waals surface area contributed by atoms with Crippen LogP contribution < -0.4 is 4.74 Å². The first-order valence-corrected chi connectivity index (χ1v) is 11.6. The molecule has 0 N–H and O–H groups in total. The van der Waals surface area contributed by atoms with Crippen LogP contribution in [-0.4, -0.2) is 11.1 Å². The molecule has 0 spiro atoms. The maximum Gasteiger partial charge on any atom is 0.514 e. The first kappa shape index (κ1) is 29.0. The predicted molar refractivity (Wildman–Crippen MR) is 154 cm³/mol. The quantitative estimate of drug-likeness (QED) is 0.108. The Labute approximate surface area is 223 Å². The normalized spacial score (nSPS) is 9.26. The molecule has 0 fully saturated rings. The van der Waals surface area contributed by atoms with Crippen molar-refractivity contribution in [3.63, 3.8) is 0 Å². The van der Waals surface area contributed by atoms with Crippen LogP contribution in [-0.2, 0) is 11.3 Å². The fraction of sp³-hybridized carbons (Fsp3) is 0.0312. The van der Waals surface area contributed by atoms with Gasteiger partial charge < -0.3 is 9.47 Å². The van der Waals surface area contributed by atoms with Gasteiger partial charge in [0.25, 0.3) is 5.69 Å². The lowest BCUT2D eigenvalue weighted by molar-refractivity contribution is -0.384. The standard InChI is InChI=1S/C14H11NO5.C10H10.C8H8/c16-14(19-10-11-4-2-1-3-5-11)20-13-8-6-12(7-9-13)15(17)18;1-3-9-5-7-10(4-2)8-6-9;1-2-8-6-4-3-5-7-8/h1-9H,10H2;3-8H,1-2H2;2-7H,1H2. The molecule has 0 saturated carbocycles. The van der Waals surface area contributed by atoms with Crippen LogP contribution in [0.5, 0.6) is 5.75 Å². The zero-order chi connectivity index (χ0) is 27.6. The fourth-order valence-electron chi connectivity index (χ4n) is 2.84. The monoisotopic (exact) mass is 507 g/mol. The Bertz CT molecular complexity index is 1270. The van der Waals surface area contributed by atoms with Gasteiger partial charge in [-0.1, -0.05) is 123 Å². The fourth-order valence-corrected chi connectivity index (χ4v) is 2.84. The Hall–Kier alpha value is -5.23. The molecule has 0 radical (unpaired) electrons. The molecule has 6 nitrogen and oxygen atoms in total. The van der Waals surface area contributed by atoms with Gasteiger partial charge in [-0.25, -0.2) is 4.79 Å². The van der Waals surface area contributed by atoms with Gasteiger partial charge in [-0.3, -0.25) is 10.1 Å². The molecule has 0 bridgehead atoms. The summed E-state index contributed by atoms with van der Waals surface area (Å²) in [5.74, 6) is 0.189. The molecule has 0 saturated heterocycles. The second-order valence-electron chi connectivity index (χ2n) is 7.57. The van der Waals surface area contributed by atoms with E-state index >= 15 is 0 Å². The number of hydrogen-bond donors (Lipinski definition) is 0. The summed E-state index contributed by atoms with van der Waals surface area (Å²) in [7, 11) is 0. The number of nitrogens with zero attached hydrogens (tertiary/aromatic N) is 1. The Morgan fingerprint density at radius 3 is 1.55 bits per heavy atom. The number of nitro groups is 1. The maximum absolute atomic E-state index is 11.4. The van der Waals surface area contributed by atoms with Gasteiger partial charge in [0, 0.05) is 12.1 Å². The topological polar surface area (TPSA) is 78.7 Å². The van der Waals surface area contributed by atoms with Crippen molar-refractivity contribution in [3.8, 4) is 5.75 Å². The number of non-ortho nitro benzene ring substituents is 1. The highest BCUT2D eigenvalue weighted by molar-refractivity contribution is 5.64. The molecule has 0 aliphatic carbocycles. The highest BCUT2D eigenvalue weighted by Crippen LogP contribution is 2.18. The lowest BCUT2D eigenvalue weighted by Gasteiger charge is -2.05. The second kappa shape index (κ2) is 16.4. The minimum absolute atomic E-state index is 0.0741. The van der Waals surface area contributed by atoms with Crippen LogP contribution in [0, 0.1) is 10.1 Å². The van der Waals surface area contributed by atoms with E-state index in [9.17, 15) is 14.9 Å². The lowest BCUT2D eigenvalue weighted by Crippen LogP contribution is -2.10. The SMILES string of the molecule is C=Cc1ccc(C=C)cc1.C=Cc1ccccc1.O=C(OCc1ccccc1)Oc1ccc([N+](=O)[O-])cc1. The third-order valence-electron chi connectivity index (χ3n) is 4.89. The Morgan fingerprint density at radius 2 is 1.13 bits per heavy atom. The first-order valence-electron chi connectivity index (χ1n) is 11.6. The second-order valence-corrected chi connectivity index (χ2v) is 7.57. The molecular formula is C32H29NO5. The first-order chi connectivity index (χ1) is 18.4. The van der Waals surface area contributed by atoms with Crippen LogP contribution in [0.4, 0.5) is 10.5 Å². The van der Waals surface area contributed by atoms with Crippen molar-refractivity contribution in [2.75, 3.05) is 0 Å². The third-order valence-corrected chi connectivity index (χ3v) is 4.89. The zero-order valence-corrected chi connectivity index (χ0v) is 20.9. The molecular weight excluding hydrogens is 478 g/mol. The lowest BCUT2D eigenvalue weighted by atomic mass is 10.1. The van der Waals surface area contributed by atoms with E-state index in [4.69, 9.17) is 9.47 Å². The van der Waals surface area contributed by atoms with Gasteiger partial charge in [-0.05, 0) is 34.4 Å². The largest absolute Gasteiger partial charge is 0.514 e. The number of hydrogen-bond acceptors (Lipinski definition) is 5. The molecule has 4 aromatic rings. The van der Waals surface area contributed by atoms with Crippen LogP contribution in [0.15, 0.2) is 129 Å². The number of benzene rings is 4.